The summed E-state index contributed by atoms with van der Waals surface area (Å²) in [5, 5.41) is 0. The topological polar surface area (TPSA) is 34.1 Å². The maximum Gasteiger partial charge on any atom is 0.178 e. The van der Waals surface area contributed by atoms with Gasteiger partial charge in [-0.25, -0.2) is 0 Å². The largest absolute Gasteiger partial charge is 0.290 e. The molecule has 1 aliphatic carbocycles. The van der Waals surface area contributed by atoms with Crippen molar-refractivity contribution in [3.63, 3.8) is 0 Å². The summed E-state index contributed by atoms with van der Waals surface area (Å²) in [6.07, 6.45) is 5.01. The molecule has 0 saturated carbocycles. The first-order valence-electron chi connectivity index (χ1n) is 2.23. The van der Waals surface area contributed by atoms with Crippen LogP contribution >= 0.6 is 0 Å². The molecule has 1 rings (SSSR count). The van der Waals surface area contributed by atoms with Crippen LogP contribution in [-0.4, -0.2) is 11.6 Å². The second kappa shape index (κ2) is 3.99. The number of allylic oxidation sites excluding steroid dienone is 4. The van der Waals surface area contributed by atoms with Gasteiger partial charge in [-0.2, -0.15) is 0 Å². The van der Waals surface area contributed by atoms with Crippen LogP contribution in [0.2, 0.25) is 0 Å². The molecule has 0 amide bonds. The molecule has 0 atom stereocenters. The second-order valence-electron chi connectivity index (χ2n) is 1.47. The summed E-state index contributed by atoms with van der Waals surface area (Å²) in [7, 11) is 0. The van der Waals surface area contributed by atoms with E-state index < -0.39 is 0 Å². The van der Waals surface area contributed by atoms with Crippen LogP contribution < -0.4 is 0 Å². The molecule has 0 aromatic carbocycles. The first-order valence-corrected chi connectivity index (χ1v) is 2.23. The monoisotopic (exact) mass is 148 g/mol. The number of hydrogen-bond donors (Lipinski definition) is 0. The van der Waals surface area contributed by atoms with Crippen molar-refractivity contribution >= 4 is 11.6 Å². The molecule has 48 valence electrons. The van der Waals surface area contributed by atoms with Gasteiger partial charge in [-0.3, -0.25) is 9.59 Å². The molecule has 0 aliphatic heterocycles. The summed E-state index contributed by atoms with van der Waals surface area (Å²) in [5.74, 6) is -0.241. The van der Waals surface area contributed by atoms with E-state index in [1.165, 1.54) is 24.3 Å². The smallest absolute Gasteiger partial charge is 0.178 e. The quantitative estimate of drug-likeness (QED) is 0.461. The molecule has 0 aromatic rings. The van der Waals surface area contributed by atoms with Crippen molar-refractivity contribution in [3.8, 4) is 0 Å². The van der Waals surface area contributed by atoms with Crippen molar-refractivity contribution in [3.05, 3.63) is 24.3 Å². The van der Waals surface area contributed by atoms with Gasteiger partial charge in [-0.05, 0) is 24.3 Å². The molecule has 0 spiro atoms. The average molecular weight is 148 g/mol. The molecule has 0 heterocycles. The third kappa shape index (κ3) is 2.94. The van der Waals surface area contributed by atoms with E-state index in [0.29, 0.717) is 0 Å². The Hall–Kier alpha value is 0.0797. The van der Waals surface area contributed by atoms with E-state index in [0.717, 1.165) is 0 Å². The van der Waals surface area contributed by atoms with Crippen LogP contribution in [0, 0.1) is 37.7 Å². The fourth-order valence-electron chi connectivity index (χ4n) is 0.440. The molecule has 1 aliphatic rings. The number of rotatable bonds is 0. The van der Waals surface area contributed by atoms with Gasteiger partial charge in [0.1, 0.15) is 0 Å². The molecule has 0 bridgehead atoms. The zero-order chi connectivity index (χ0) is 5.98. The Kier molecular flexibility index (Phi) is 4.02. The Morgan fingerprint density at radius 2 is 1.00 bits per heavy atom. The van der Waals surface area contributed by atoms with E-state index in [1.54, 1.807) is 0 Å². The Bertz CT molecular complexity index is 153. The minimum absolute atomic E-state index is 0. The van der Waals surface area contributed by atoms with E-state index in [-0.39, 0.29) is 49.3 Å². The molecular weight excluding hydrogens is 144 g/mol. The zero-order valence-corrected chi connectivity index (χ0v) is 5.19. The molecule has 3 heteroatoms. The van der Waals surface area contributed by atoms with Crippen LogP contribution in [0.15, 0.2) is 24.3 Å². The van der Waals surface area contributed by atoms with Crippen molar-refractivity contribution in [2.45, 2.75) is 0 Å². The van der Waals surface area contributed by atoms with Crippen molar-refractivity contribution in [1.29, 1.82) is 0 Å². The minimum atomic E-state index is -0.121. The molecule has 0 radical (unpaired) electrons. The second-order valence-corrected chi connectivity index (χ2v) is 1.47. The van der Waals surface area contributed by atoms with Gasteiger partial charge in [0, 0.05) is 37.7 Å². The number of carbonyl (C=O) groups is 2. The molecule has 2 nitrogen and oxygen atoms in total. The predicted molar refractivity (Wildman–Crippen MR) is 28.3 cm³/mol. The third-order valence-electron chi connectivity index (χ3n) is 0.824. The molecular formula is C6H4ArO2. The van der Waals surface area contributed by atoms with Crippen LogP contribution in [0.25, 0.3) is 0 Å². The van der Waals surface area contributed by atoms with Gasteiger partial charge < -0.3 is 0 Å². The normalized spacial score (nSPS) is 15.6. The van der Waals surface area contributed by atoms with Gasteiger partial charge >= 0.3 is 0 Å². The standard InChI is InChI=1S/C6H4O2.Ar/c7-5-1-2-6(8)4-3-5;/h1-4H;. The summed E-state index contributed by atoms with van der Waals surface area (Å²) >= 11 is 0. The van der Waals surface area contributed by atoms with Gasteiger partial charge in [0.05, 0.1) is 0 Å². The van der Waals surface area contributed by atoms with Crippen LogP contribution in [-0.2, 0) is 9.59 Å². The predicted octanol–water partition coefficient (Wildman–Crippen LogP) is 0.251. The van der Waals surface area contributed by atoms with Crippen LogP contribution in [0.1, 0.15) is 0 Å². The molecule has 0 aromatic heterocycles. The molecule has 0 saturated heterocycles. The van der Waals surface area contributed by atoms with Gasteiger partial charge in [0.25, 0.3) is 0 Å². The zero-order valence-electron chi connectivity index (χ0n) is 4.48. The summed E-state index contributed by atoms with van der Waals surface area (Å²) in [5.41, 5.74) is 0. The first-order chi connectivity index (χ1) is 3.79. The number of hydrogen-bond acceptors (Lipinski definition) is 2. The first kappa shape index (κ1) is 9.08. The van der Waals surface area contributed by atoms with Crippen LogP contribution in [0.3, 0.4) is 0 Å². The van der Waals surface area contributed by atoms with E-state index >= 15 is 0 Å². The SMILES string of the molecule is O=C1C=CC(=O)C=C1.[Ar]. The van der Waals surface area contributed by atoms with E-state index in [2.05, 4.69) is 0 Å². The summed E-state index contributed by atoms with van der Waals surface area (Å²) in [6.45, 7) is 0. The van der Waals surface area contributed by atoms with E-state index in [9.17, 15) is 9.59 Å². The maximum atomic E-state index is 10.3. The van der Waals surface area contributed by atoms with Crippen LogP contribution in [0.5, 0.6) is 0 Å². The maximum absolute atomic E-state index is 10.3. The summed E-state index contributed by atoms with van der Waals surface area (Å²) in [4.78, 5) is 20.6. The Morgan fingerprint density at radius 1 is 0.778 bits per heavy atom. The third-order valence-corrected chi connectivity index (χ3v) is 0.824. The van der Waals surface area contributed by atoms with Crippen molar-refractivity contribution in [2.75, 3.05) is 0 Å². The van der Waals surface area contributed by atoms with Gasteiger partial charge in [-0.1, -0.05) is 0 Å². The van der Waals surface area contributed by atoms with Crippen LogP contribution in [0.4, 0.5) is 0 Å². The van der Waals surface area contributed by atoms with Crippen molar-refractivity contribution in [1.82, 2.24) is 0 Å². The molecule has 9 heavy (non-hydrogen) atoms. The van der Waals surface area contributed by atoms with E-state index in [1.807, 2.05) is 0 Å². The fourth-order valence-corrected chi connectivity index (χ4v) is 0.440. The van der Waals surface area contributed by atoms with Gasteiger partial charge in [0.2, 0.25) is 0 Å². The number of carbonyl (C=O) groups excluding carboxylic acids is 2. The van der Waals surface area contributed by atoms with Gasteiger partial charge in [0.15, 0.2) is 11.6 Å². The van der Waals surface area contributed by atoms with Crippen molar-refractivity contribution in [2.24, 2.45) is 0 Å². The summed E-state index contributed by atoms with van der Waals surface area (Å²) in [6, 6.07) is 0. The Morgan fingerprint density at radius 3 is 1.22 bits per heavy atom. The van der Waals surface area contributed by atoms with Crippen molar-refractivity contribution < 1.29 is 47.3 Å². The minimum Gasteiger partial charge on any atom is -0.290 e. The number of ketones is 2. The Balaban J connectivity index is 0.000000640. The summed E-state index contributed by atoms with van der Waals surface area (Å²) < 4.78 is 0. The Labute approximate surface area is 82.6 Å². The molecule has 0 unspecified atom stereocenters. The van der Waals surface area contributed by atoms with E-state index in [4.69, 9.17) is 0 Å². The molecule has 0 N–H and O–H groups in total. The average Bonchev–Trinajstić information content (AvgIpc) is 1.77. The fraction of sp³-hybridized carbons (Fsp3) is 0. The van der Waals surface area contributed by atoms with Gasteiger partial charge in [-0.15, -0.1) is 0 Å². The molecule has 0 fully saturated rings.